The Morgan fingerprint density at radius 2 is 1.25 bits per heavy atom. The average molecular weight is 521 g/mol. The molecule has 0 aliphatic rings. The maximum absolute atomic E-state index is 11.1. The number of para-hydroxylation sites is 1. The quantitative estimate of drug-likeness (QED) is 0.197. The van der Waals surface area contributed by atoms with Gasteiger partial charge in [-0.3, -0.25) is 4.79 Å². The van der Waals surface area contributed by atoms with E-state index < -0.39 is 11.9 Å². The van der Waals surface area contributed by atoms with E-state index in [-0.39, 0.29) is 6.42 Å². The van der Waals surface area contributed by atoms with Crippen LogP contribution in [0.5, 0.6) is 0 Å². The molecule has 1 atom stereocenters. The van der Waals surface area contributed by atoms with Crippen molar-refractivity contribution in [3.63, 3.8) is 0 Å². The number of hydrogen-bond donors (Lipinski definition) is 1. The molecule has 1 unspecified atom stereocenters. The van der Waals surface area contributed by atoms with Crippen LogP contribution < -0.4 is 4.90 Å². The van der Waals surface area contributed by atoms with Crippen LogP contribution in [0.2, 0.25) is 0 Å². The number of anilines is 3. The van der Waals surface area contributed by atoms with E-state index in [9.17, 15) is 4.79 Å². The van der Waals surface area contributed by atoms with Gasteiger partial charge >= 0.3 is 5.97 Å². The minimum absolute atomic E-state index is 0.203. The number of carbonyl (C=O) groups is 1. The minimum Gasteiger partial charge on any atom is -0.480 e. The van der Waals surface area contributed by atoms with Crippen molar-refractivity contribution in [2.75, 3.05) is 4.90 Å². The summed E-state index contributed by atoms with van der Waals surface area (Å²) >= 11 is 0. The topological polar surface area (TPSA) is 64.3 Å². The number of allylic oxidation sites excluding steroid dienone is 2. The van der Waals surface area contributed by atoms with E-state index in [0.29, 0.717) is 0 Å². The molecule has 0 saturated carbocycles. The SMILES string of the molecule is N#CC(Cc1ccc(C=CC=Cc2ccc(N(c3ccccc3)c3ccc4ccccc4c3)cc2)cc1)C(=O)O. The van der Waals surface area contributed by atoms with Crippen molar-refractivity contribution in [1.82, 2.24) is 0 Å². The van der Waals surface area contributed by atoms with Gasteiger partial charge in [-0.05, 0) is 70.3 Å². The van der Waals surface area contributed by atoms with E-state index in [4.69, 9.17) is 10.4 Å². The van der Waals surface area contributed by atoms with E-state index in [1.807, 2.05) is 54.6 Å². The summed E-state index contributed by atoms with van der Waals surface area (Å²) in [5.74, 6) is -2.12. The lowest BCUT2D eigenvalue weighted by atomic mass is 10.00. The van der Waals surface area contributed by atoms with Crippen molar-refractivity contribution in [2.24, 2.45) is 5.92 Å². The van der Waals surface area contributed by atoms with Gasteiger partial charge < -0.3 is 10.0 Å². The van der Waals surface area contributed by atoms with Crippen LogP contribution >= 0.6 is 0 Å². The molecule has 5 aromatic carbocycles. The fourth-order valence-electron chi connectivity index (χ4n) is 4.60. The summed E-state index contributed by atoms with van der Waals surface area (Å²) in [5, 5.41) is 20.5. The molecule has 5 rings (SSSR count). The Kier molecular flexibility index (Phi) is 8.15. The Labute approximate surface area is 234 Å². The first kappa shape index (κ1) is 26.2. The normalized spacial score (nSPS) is 12.0. The second-order valence-corrected chi connectivity index (χ2v) is 9.48. The van der Waals surface area contributed by atoms with Crippen LogP contribution in [0.3, 0.4) is 0 Å². The molecule has 0 aliphatic carbocycles. The molecule has 0 aromatic heterocycles. The Morgan fingerprint density at radius 1 is 0.700 bits per heavy atom. The van der Waals surface area contributed by atoms with Crippen LogP contribution in [0.1, 0.15) is 16.7 Å². The van der Waals surface area contributed by atoms with E-state index in [2.05, 4.69) is 102 Å². The van der Waals surface area contributed by atoms with E-state index >= 15 is 0 Å². The summed E-state index contributed by atoms with van der Waals surface area (Å²) in [6.45, 7) is 0. The molecule has 4 nitrogen and oxygen atoms in total. The van der Waals surface area contributed by atoms with Gasteiger partial charge in [0.2, 0.25) is 0 Å². The number of nitriles is 1. The number of nitrogens with zero attached hydrogens (tertiary/aromatic N) is 2. The highest BCUT2D eigenvalue weighted by Gasteiger charge is 2.16. The summed E-state index contributed by atoms with van der Waals surface area (Å²) < 4.78 is 0. The van der Waals surface area contributed by atoms with Crippen LogP contribution in [0.25, 0.3) is 22.9 Å². The van der Waals surface area contributed by atoms with Crippen LogP contribution in [-0.4, -0.2) is 11.1 Å². The molecule has 194 valence electrons. The molecule has 4 heteroatoms. The fourth-order valence-corrected chi connectivity index (χ4v) is 4.60. The first-order chi connectivity index (χ1) is 19.6. The smallest absolute Gasteiger partial charge is 0.321 e. The standard InChI is InChI=1S/C36H28N2O2/c37-26-32(36(39)40)24-29-16-14-27(15-17-29)8-4-5-9-28-18-21-34(22-19-28)38(33-12-2-1-3-13-33)35-23-20-30-10-6-7-11-31(30)25-35/h1-23,25,32H,24H2,(H,39,40). The number of carboxylic acid groups (broad SMARTS) is 1. The highest BCUT2D eigenvalue weighted by atomic mass is 16.4. The number of rotatable bonds is 9. The van der Waals surface area contributed by atoms with Gasteiger partial charge in [0.15, 0.2) is 0 Å². The fraction of sp³-hybridized carbons (Fsp3) is 0.0556. The summed E-state index contributed by atoms with van der Waals surface area (Å²) in [5.41, 5.74) is 6.20. The molecule has 0 bridgehead atoms. The summed E-state index contributed by atoms with van der Waals surface area (Å²) in [7, 11) is 0. The number of carboxylic acids is 1. The summed E-state index contributed by atoms with van der Waals surface area (Å²) in [6.07, 6.45) is 8.22. The first-order valence-electron chi connectivity index (χ1n) is 13.1. The Hall–Kier alpha value is -5.40. The van der Waals surface area contributed by atoms with Crippen LogP contribution in [0.4, 0.5) is 17.1 Å². The van der Waals surface area contributed by atoms with E-state index in [0.717, 1.165) is 33.8 Å². The molecule has 0 radical (unpaired) electrons. The second-order valence-electron chi connectivity index (χ2n) is 9.48. The van der Waals surface area contributed by atoms with Crippen LogP contribution in [-0.2, 0) is 11.2 Å². The largest absolute Gasteiger partial charge is 0.480 e. The summed E-state index contributed by atoms with van der Waals surface area (Å²) in [6, 6.07) is 43.2. The molecule has 0 spiro atoms. The Balaban J connectivity index is 1.30. The molecule has 0 aliphatic heterocycles. The third-order valence-corrected chi connectivity index (χ3v) is 6.72. The molecule has 0 saturated heterocycles. The molecular weight excluding hydrogens is 492 g/mol. The predicted molar refractivity (Wildman–Crippen MR) is 164 cm³/mol. The van der Waals surface area contributed by atoms with Gasteiger partial charge in [0.1, 0.15) is 5.92 Å². The number of hydrogen-bond acceptors (Lipinski definition) is 3. The zero-order valence-corrected chi connectivity index (χ0v) is 21.9. The predicted octanol–water partition coefficient (Wildman–Crippen LogP) is 8.80. The van der Waals surface area contributed by atoms with Gasteiger partial charge in [-0.25, -0.2) is 0 Å². The average Bonchev–Trinajstić information content (AvgIpc) is 3.00. The van der Waals surface area contributed by atoms with Gasteiger partial charge in [-0.1, -0.05) is 109 Å². The van der Waals surface area contributed by atoms with Crippen molar-refractivity contribution >= 4 is 46.0 Å². The van der Waals surface area contributed by atoms with Crippen molar-refractivity contribution in [3.05, 3.63) is 150 Å². The minimum atomic E-state index is -1.09. The van der Waals surface area contributed by atoms with E-state index in [1.165, 1.54) is 10.8 Å². The van der Waals surface area contributed by atoms with Gasteiger partial charge in [0.25, 0.3) is 0 Å². The monoisotopic (exact) mass is 520 g/mol. The molecular formula is C36H28N2O2. The molecule has 40 heavy (non-hydrogen) atoms. The van der Waals surface area contributed by atoms with Crippen LogP contribution in [0.15, 0.2) is 133 Å². The van der Waals surface area contributed by atoms with Gasteiger partial charge in [0.05, 0.1) is 6.07 Å². The van der Waals surface area contributed by atoms with Crippen molar-refractivity contribution < 1.29 is 9.90 Å². The molecule has 5 aromatic rings. The lowest BCUT2D eigenvalue weighted by molar-refractivity contribution is -0.139. The maximum atomic E-state index is 11.1. The molecule has 0 heterocycles. The molecule has 1 N–H and O–H groups in total. The second kappa shape index (κ2) is 12.4. The van der Waals surface area contributed by atoms with Crippen molar-refractivity contribution in [1.29, 1.82) is 5.26 Å². The first-order valence-corrected chi connectivity index (χ1v) is 13.1. The van der Waals surface area contributed by atoms with Crippen molar-refractivity contribution in [3.8, 4) is 6.07 Å². The number of fused-ring (bicyclic) bond motifs is 1. The zero-order chi connectivity index (χ0) is 27.7. The van der Waals surface area contributed by atoms with Gasteiger partial charge in [-0.2, -0.15) is 5.26 Å². The maximum Gasteiger partial charge on any atom is 0.321 e. The summed E-state index contributed by atoms with van der Waals surface area (Å²) in [4.78, 5) is 13.3. The third-order valence-electron chi connectivity index (χ3n) is 6.72. The highest BCUT2D eigenvalue weighted by molar-refractivity contribution is 5.89. The zero-order valence-electron chi connectivity index (χ0n) is 21.9. The Bertz CT molecular complexity index is 1700. The van der Waals surface area contributed by atoms with E-state index in [1.54, 1.807) is 0 Å². The highest BCUT2D eigenvalue weighted by Crippen LogP contribution is 2.36. The van der Waals surface area contributed by atoms with Crippen LogP contribution in [0, 0.1) is 17.2 Å². The Morgan fingerprint density at radius 3 is 1.88 bits per heavy atom. The van der Waals surface area contributed by atoms with Gasteiger partial charge in [0, 0.05) is 17.1 Å². The lowest BCUT2D eigenvalue weighted by Crippen LogP contribution is -2.14. The lowest BCUT2D eigenvalue weighted by Gasteiger charge is -2.26. The van der Waals surface area contributed by atoms with Crippen molar-refractivity contribution in [2.45, 2.75) is 6.42 Å². The molecule has 0 fully saturated rings. The van der Waals surface area contributed by atoms with Gasteiger partial charge in [-0.15, -0.1) is 0 Å². The number of benzene rings is 5. The number of aliphatic carboxylic acids is 1. The molecule has 0 amide bonds. The third kappa shape index (κ3) is 6.35.